The van der Waals surface area contributed by atoms with Crippen LogP contribution >= 0.6 is 23.2 Å². The monoisotopic (exact) mass is 426 g/mol. The molecule has 0 atom stereocenters. The second-order valence-electron chi connectivity index (χ2n) is 6.50. The molecule has 0 aliphatic heterocycles. The van der Waals surface area contributed by atoms with E-state index in [0.29, 0.717) is 38.5 Å². The van der Waals surface area contributed by atoms with Gasteiger partial charge >= 0.3 is 0 Å². The van der Waals surface area contributed by atoms with Gasteiger partial charge in [-0.25, -0.2) is 15.0 Å². The molecule has 0 fully saturated rings. The molecule has 3 N–H and O–H groups in total. The normalized spacial score (nSPS) is 10.9. The van der Waals surface area contributed by atoms with Crippen molar-refractivity contribution >= 4 is 57.6 Å². The molecule has 0 aliphatic carbocycles. The van der Waals surface area contributed by atoms with Crippen LogP contribution in [0, 0.1) is 13.8 Å². The minimum Gasteiger partial charge on any atom is -0.324 e. The Labute approximate surface area is 176 Å². The predicted octanol–water partition coefficient (Wildman–Crippen LogP) is 5.27. The molecule has 0 spiro atoms. The van der Waals surface area contributed by atoms with E-state index in [0.717, 1.165) is 11.1 Å². The van der Waals surface area contributed by atoms with Crippen LogP contribution in [0.15, 0.2) is 42.7 Å². The summed E-state index contributed by atoms with van der Waals surface area (Å²) in [5.74, 6) is 0.548. The lowest BCUT2D eigenvalue weighted by molar-refractivity contribution is 0.102. The molecule has 3 heterocycles. The number of H-pyrrole nitrogens is 1. The molecule has 0 radical (unpaired) electrons. The van der Waals surface area contributed by atoms with Crippen molar-refractivity contribution in [1.29, 1.82) is 0 Å². The molecule has 29 heavy (non-hydrogen) atoms. The summed E-state index contributed by atoms with van der Waals surface area (Å²) in [6, 6.07) is 8.65. The maximum Gasteiger partial charge on any atom is 0.275 e. The number of benzene rings is 1. The molecule has 0 unspecified atom stereocenters. The van der Waals surface area contributed by atoms with Crippen LogP contribution < -0.4 is 10.6 Å². The van der Waals surface area contributed by atoms with Gasteiger partial charge in [-0.05, 0) is 49.2 Å². The van der Waals surface area contributed by atoms with E-state index in [9.17, 15) is 4.79 Å². The number of hydrogen-bond acceptors (Lipinski definition) is 5. The van der Waals surface area contributed by atoms with E-state index in [1.807, 2.05) is 19.9 Å². The Morgan fingerprint density at radius 2 is 1.79 bits per heavy atom. The number of aromatic nitrogens is 4. The van der Waals surface area contributed by atoms with E-state index < -0.39 is 0 Å². The minimum atomic E-state index is -0.360. The molecule has 3 aromatic heterocycles. The molecule has 7 nitrogen and oxygen atoms in total. The Kier molecular flexibility index (Phi) is 5.08. The lowest BCUT2D eigenvalue weighted by Crippen LogP contribution is -2.14. The van der Waals surface area contributed by atoms with Crippen molar-refractivity contribution in [2.45, 2.75) is 13.8 Å². The maximum absolute atomic E-state index is 12.5. The Morgan fingerprint density at radius 3 is 2.52 bits per heavy atom. The highest BCUT2D eigenvalue weighted by Crippen LogP contribution is 2.32. The number of nitrogens with zero attached hydrogens (tertiary/aromatic N) is 3. The van der Waals surface area contributed by atoms with Crippen LogP contribution in [0.3, 0.4) is 0 Å². The average Bonchev–Trinajstić information content (AvgIpc) is 3.09. The van der Waals surface area contributed by atoms with Crippen LogP contribution in [-0.4, -0.2) is 25.8 Å². The summed E-state index contributed by atoms with van der Waals surface area (Å²) in [6.45, 7) is 3.92. The van der Waals surface area contributed by atoms with Crippen LogP contribution in [0.2, 0.25) is 10.0 Å². The summed E-state index contributed by atoms with van der Waals surface area (Å²) in [5, 5.41) is 6.76. The second kappa shape index (κ2) is 7.69. The molecule has 4 rings (SSSR count). The van der Waals surface area contributed by atoms with E-state index in [1.165, 1.54) is 6.20 Å². The molecular weight excluding hydrogens is 411 g/mol. The van der Waals surface area contributed by atoms with Crippen molar-refractivity contribution in [1.82, 2.24) is 19.9 Å². The molecule has 0 saturated carbocycles. The van der Waals surface area contributed by atoms with Crippen LogP contribution in [0.25, 0.3) is 11.0 Å². The zero-order valence-electron chi connectivity index (χ0n) is 15.5. The molecule has 146 valence electrons. The SMILES string of the molecule is Cc1cnc(NC(=O)c2cc3[nH]c(Nc4c(Cl)cccc4Cl)nc3cn2)cc1C. The lowest BCUT2D eigenvalue weighted by atomic mass is 10.2. The summed E-state index contributed by atoms with van der Waals surface area (Å²) >= 11 is 12.4. The van der Waals surface area contributed by atoms with E-state index in [4.69, 9.17) is 23.2 Å². The third-order valence-corrected chi connectivity index (χ3v) is 5.05. The second-order valence-corrected chi connectivity index (χ2v) is 7.32. The van der Waals surface area contributed by atoms with Gasteiger partial charge in [0, 0.05) is 6.20 Å². The molecule has 0 saturated heterocycles. The third kappa shape index (κ3) is 4.01. The van der Waals surface area contributed by atoms with Gasteiger partial charge in [0.1, 0.15) is 17.0 Å². The highest BCUT2D eigenvalue weighted by atomic mass is 35.5. The fraction of sp³-hybridized carbons (Fsp3) is 0.100. The van der Waals surface area contributed by atoms with Crippen molar-refractivity contribution < 1.29 is 4.79 Å². The number of hydrogen-bond donors (Lipinski definition) is 3. The highest BCUT2D eigenvalue weighted by Gasteiger charge is 2.13. The molecule has 0 bridgehead atoms. The lowest BCUT2D eigenvalue weighted by Gasteiger charge is -2.07. The number of amides is 1. The van der Waals surface area contributed by atoms with Crippen molar-refractivity contribution in [2.75, 3.05) is 10.6 Å². The summed E-state index contributed by atoms with van der Waals surface area (Å²) in [5.41, 5.74) is 4.12. The Morgan fingerprint density at radius 1 is 1.03 bits per heavy atom. The number of rotatable bonds is 4. The summed E-state index contributed by atoms with van der Waals surface area (Å²) in [6.07, 6.45) is 3.24. The van der Waals surface area contributed by atoms with Crippen LogP contribution in [0.1, 0.15) is 21.6 Å². The minimum absolute atomic E-state index is 0.239. The maximum atomic E-state index is 12.5. The molecular formula is C20H16Cl2N6O. The first-order valence-corrected chi connectivity index (χ1v) is 9.47. The first-order chi connectivity index (χ1) is 13.9. The van der Waals surface area contributed by atoms with Gasteiger partial charge in [-0.15, -0.1) is 0 Å². The standard InChI is InChI=1S/C20H16Cl2N6O/c1-10-6-17(24-8-11(10)2)27-19(29)15-7-14-16(9-23-15)26-20(25-14)28-18-12(21)4-3-5-13(18)22/h3-9H,1-2H3,(H,24,27,29)(H2,25,26,28). The Bertz CT molecular complexity index is 1220. The summed E-state index contributed by atoms with van der Waals surface area (Å²) in [7, 11) is 0. The van der Waals surface area contributed by atoms with Gasteiger partial charge in [0.05, 0.1) is 27.4 Å². The molecule has 1 aromatic carbocycles. The van der Waals surface area contributed by atoms with Crippen molar-refractivity contribution in [3.63, 3.8) is 0 Å². The Hall–Kier alpha value is -3.16. The number of carbonyl (C=O) groups is 1. The van der Waals surface area contributed by atoms with Crippen molar-refractivity contribution in [2.24, 2.45) is 0 Å². The summed E-state index contributed by atoms with van der Waals surface area (Å²) < 4.78 is 0. The molecule has 9 heteroatoms. The first-order valence-electron chi connectivity index (χ1n) is 8.72. The van der Waals surface area contributed by atoms with E-state index in [2.05, 4.69) is 30.6 Å². The van der Waals surface area contributed by atoms with Gasteiger partial charge in [0.15, 0.2) is 0 Å². The van der Waals surface area contributed by atoms with Crippen molar-refractivity contribution in [3.8, 4) is 0 Å². The van der Waals surface area contributed by atoms with E-state index in [1.54, 1.807) is 30.5 Å². The number of halogens is 2. The zero-order chi connectivity index (χ0) is 20.5. The highest BCUT2D eigenvalue weighted by molar-refractivity contribution is 6.39. The van der Waals surface area contributed by atoms with Gasteiger partial charge in [-0.2, -0.15) is 0 Å². The molecule has 4 aromatic rings. The number of aromatic amines is 1. The number of nitrogens with one attached hydrogen (secondary N) is 3. The van der Waals surface area contributed by atoms with Gasteiger partial charge in [-0.1, -0.05) is 29.3 Å². The van der Waals surface area contributed by atoms with Crippen molar-refractivity contribution in [3.05, 3.63) is 69.6 Å². The quantitative estimate of drug-likeness (QED) is 0.412. The molecule has 0 aliphatic rings. The fourth-order valence-corrected chi connectivity index (χ4v) is 3.20. The smallest absolute Gasteiger partial charge is 0.275 e. The first kappa shape index (κ1) is 19.2. The number of pyridine rings is 2. The fourth-order valence-electron chi connectivity index (χ4n) is 2.71. The van der Waals surface area contributed by atoms with E-state index >= 15 is 0 Å². The Balaban J connectivity index is 1.58. The van der Waals surface area contributed by atoms with E-state index in [-0.39, 0.29) is 11.6 Å². The number of anilines is 3. The number of carbonyl (C=O) groups excluding carboxylic acids is 1. The van der Waals surface area contributed by atoms with Crippen LogP contribution in [-0.2, 0) is 0 Å². The summed E-state index contributed by atoms with van der Waals surface area (Å²) in [4.78, 5) is 28.5. The van der Waals surface area contributed by atoms with Crippen LogP contribution in [0.5, 0.6) is 0 Å². The number of para-hydroxylation sites is 1. The number of imidazole rings is 1. The third-order valence-electron chi connectivity index (χ3n) is 4.42. The number of fused-ring (bicyclic) bond motifs is 1. The zero-order valence-corrected chi connectivity index (χ0v) is 17.1. The van der Waals surface area contributed by atoms with Gasteiger partial charge in [-0.3, -0.25) is 4.79 Å². The van der Waals surface area contributed by atoms with Crippen LogP contribution in [0.4, 0.5) is 17.5 Å². The largest absolute Gasteiger partial charge is 0.324 e. The molecule has 1 amide bonds. The van der Waals surface area contributed by atoms with Gasteiger partial charge < -0.3 is 15.6 Å². The topological polar surface area (TPSA) is 95.6 Å². The predicted molar refractivity (Wildman–Crippen MR) is 115 cm³/mol. The van der Waals surface area contributed by atoms with Gasteiger partial charge in [0.2, 0.25) is 5.95 Å². The number of aryl methyl sites for hydroxylation is 2. The average molecular weight is 427 g/mol. The van der Waals surface area contributed by atoms with Gasteiger partial charge in [0.25, 0.3) is 5.91 Å².